The first-order valence-electron chi connectivity index (χ1n) is 16.6. The van der Waals surface area contributed by atoms with Crippen LogP contribution in [0.5, 0.6) is 11.5 Å². The molecule has 0 saturated carbocycles. The van der Waals surface area contributed by atoms with Crippen molar-refractivity contribution < 1.29 is 9.84 Å². The molecule has 0 amide bonds. The number of unbranched alkanes of at least 4 members (excludes halogenated alkanes) is 17. The maximum absolute atomic E-state index is 11.0. The summed E-state index contributed by atoms with van der Waals surface area (Å²) in [7, 11) is 0. The lowest BCUT2D eigenvalue weighted by molar-refractivity contribution is 0.0107. The van der Waals surface area contributed by atoms with Crippen LogP contribution >= 0.6 is 0 Å². The van der Waals surface area contributed by atoms with Crippen molar-refractivity contribution in [3.63, 3.8) is 0 Å². The van der Waals surface area contributed by atoms with Crippen LogP contribution in [0.15, 0.2) is 23.8 Å². The zero-order valence-electron chi connectivity index (χ0n) is 25.6. The van der Waals surface area contributed by atoms with Crippen LogP contribution in [-0.2, 0) is 6.42 Å². The summed E-state index contributed by atoms with van der Waals surface area (Å²) in [5.41, 5.74) is 3.50. The topological polar surface area (TPSA) is 29.5 Å². The lowest BCUT2D eigenvalue weighted by atomic mass is 9.68. The van der Waals surface area contributed by atoms with Crippen LogP contribution < -0.4 is 4.74 Å². The van der Waals surface area contributed by atoms with Gasteiger partial charge in [0.25, 0.3) is 0 Å². The van der Waals surface area contributed by atoms with E-state index in [0.29, 0.717) is 11.7 Å². The van der Waals surface area contributed by atoms with E-state index in [-0.39, 0.29) is 11.5 Å². The number of aryl methyl sites for hydroxylation is 1. The molecule has 0 fully saturated rings. The Morgan fingerprint density at radius 1 is 0.763 bits per heavy atom. The Balaban J connectivity index is 1.23. The Labute approximate surface area is 236 Å². The van der Waals surface area contributed by atoms with Crippen LogP contribution in [0.1, 0.15) is 173 Å². The van der Waals surface area contributed by atoms with Crippen LogP contribution in [-0.4, -0.2) is 10.7 Å². The highest BCUT2D eigenvalue weighted by molar-refractivity contribution is 5.54. The van der Waals surface area contributed by atoms with Crippen LogP contribution in [0.3, 0.4) is 0 Å². The van der Waals surface area contributed by atoms with Crippen LogP contribution in [0.4, 0.5) is 0 Å². The van der Waals surface area contributed by atoms with Crippen molar-refractivity contribution in [2.24, 2.45) is 5.92 Å². The Morgan fingerprint density at radius 2 is 1.26 bits per heavy atom. The van der Waals surface area contributed by atoms with Gasteiger partial charge in [0.15, 0.2) is 0 Å². The number of benzene rings is 1. The van der Waals surface area contributed by atoms with Crippen LogP contribution in [0.25, 0.3) is 0 Å². The summed E-state index contributed by atoms with van der Waals surface area (Å²) in [6.45, 7) is 8.97. The van der Waals surface area contributed by atoms with E-state index in [1.54, 1.807) is 0 Å². The normalized spacial score (nSPS) is 19.9. The van der Waals surface area contributed by atoms with Gasteiger partial charge in [-0.3, -0.25) is 0 Å². The maximum atomic E-state index is 11.0. The number of aromatic hydroxyl groups is 1. The predicted octanol–water partition coefficient (Wildman–Crippen LogP) is 11.6. The standard InChI is InChI=1S/C36H60O2/c1-5-6-7-8-9-10-11-12-13-14-15-16-17-18-19-20-21-22-23-30-27-33(37)35-31-26-29(2)24-25-32(31)36(3,4)38-34(35)28-30/h26-28,31-32,37H,5-25H2,1-4H3. The van der Waals surface area contributed by atoms with E-state index in [2.05, 4.69) is 39.8 Å². The van der Waals surface area contributed by atoms with E-state index in [0.717, 1.165) is 30.6 Å². The van der Waals surface area contributed by atoms with Crippen molar-refractivity contribution >= 4 is 0 Å². The molecule has 0 radical (unpaired) electrons. The third-order valence-electron chi connectivity index (χ3n) is 9.35. The van der Waals surface area contributed by atoms with Crippen molar-refractivity contribution in [1.82, 2.24) is 0 Å². The Kier molecular flexibility index (Phi) is 13.6. The monoisotopic (exact) mass is 524 g/mol. The molecular weight excluding hydrogens is 464 g/mol. The number of phenolic OH excluding ortho intramolecular Hbond substituents is 1. The summed E-state index contributed by atoms with van der Waals surface area (Å²) in [6, 6.07) is 4.24. The lowest BCUT2D eigenvalue weighted by Crippen LogP contribution is -2.45. The van der Waals surface area contributed by atoms with E-state index >= 15 is 0 Å². The minimum atomic E-state index is -0.187. The van der Waals surface area contributed by atoms with Gasteiger partial charge in [-0.25, -0.2) is 0 Å². The highest BCUT2D eigenvalue weighted by Crippen LogP contribution is 2.53. The average molecular weight is 525 g/mol. The van der Waals surface area contributed by atoms with Crippen molar-refractivity contribution in [3.05, 3.63) is 34.9 Å². The molecule has 3 rings (SSSR count). The second kappa shape index (κ2) is 16.6. The molecule has 2 atom stereocenters. The van der Waals surface area contributed by atoms with Gasteiger partial charge in [0, 0.05) is 17.4 Å². The van der Waals surface area contributed by atoms with Gasteiger partial charge in [-0.2, -0.15) is 0 Å². The predicted molar refractivity (Wildman–Crippen MR) is 165 cm³/mol. The van der Waals surface area contributed by atoms with Crippen molar-refractivity contribution in [1.29, 1.82) is 0 Å². The molecule has 1 aromatic carbocycles. The number of hydrogen-bond acceptors (Lipinski definition) is 2. The SMILES string of the molecule is CCCCCCCCCCCCCCCCCCCCc1cc(O)c2c(c1)OC(C)(C)C1CCC(C)=CC21. The number of hydrogen-bond donors (Lipinski definition) is 1. The summed E-state index contributed by atoms with van der Waals surface area (Å²) in [6.07, 6.45) is 31.0. The van der Waals surface area contributed by atoms with Gasteiger partial charge in [0.2, 0.25) is 0 Å². The van der Waals surface area contributed by atoms with E-state index < -0.39 is 0 Å². The van der Waals surface area contributed by atoms with Gasteiger partial charge < -0.3 is 9.84 Å². The fourth-order valence-corrected chi connectivity index (χ4v) is 6.95. The molecule has 0 spiro atoms. The number of phenols is 1. The minimum absolute atomic E-state index is 0.187. The average Bonchev–Trinajstić information content (AvgIpc) is 2.87. The van der Waals surface area contributed by atoms with E-state index in [1.807, 2.05) is 6.07 Å². The van der Waals surface area contributed by atoms with E-state index in [1.165, 1.54) is 127 Å². The molecule has 2 unspecified atom stereocenters. The molecule has 2 heteroatoms. The highest BCUT2D eigenvalue weighted by Gasteiger charge is 2.45. The quantitative estimate of drug-likeness (QED) is 0.144. The summed E-state index contributed by atoms with van der Waals surface area (Å²) in [5, 5.41) is 11.0. The molecule has 2 nitrogen and oxygen atoms in total. The second-order valence-electron chi connectivity index (χ2n) is 13.2. The molecule has 2 aliphatic rings. The zero-order valence-corrected chi connectivity index (χ0v) is 25.6. The van der Waals surface area contributed by atoms with Gasteiger partial charge in [0.05, 0.1) is 0 Å². The van der Waals surface area contributed by atoms with Gasteiger partial charge in [-0.15, -0.1) is 0 Å². The fraction of sp³-hybridized carbons (Fsp3) is 0.778. The second-order valence-corrected chi connectivity index (χ2v) is 13.2. The minimum Gasteiger partial charge on any atom is -0.507 e. The Morgan fingerprint density at radius 3 is 1.79 bits per heavy atom. The number of allylic oxidation sites excluding steroid dienone is 2. The molecule has 1 N–H and O–H groups in total. The molecule has 1 aliphatic heterocycles. The fourth-order valence-electron chi connectivity index (χ4n) is 6.95. The van der Waals surface area contributed by atoms with Crippen molar-refractivity contribution in [3.8, 4) is 11.5 Å². The summed E-state index contributed by atoms with van der Waals surface area (Å²) in [5.74, 6) is 2.07. The van der Waals surface area contributed by atoms with Gasteiger partial charge in [-0.05, 0) is 64.2 Å². The van der Waals surface area contributed by atoms with Crippen molar-refractivity contribution in [2.45, 2.75) is 174 Å². The smallest absolute Gasteiger partial charge is 0.127 e. The first kappa shape index (κ1) is 31.1. The maximum Gasteiger partial charge on any atom is 0.127 e. The van der Waals surface area contributed by atoms with Crippen LogP contribution in [0, 0.1) is 5.92 Å². The van der Waals surface area contributed by atoms with E-state index in [4.69, 9.17) is 4.74 Å². The van der Waals surface area contributed by atoms with E-state index in [9.17, 15) is 5.11 Å². The summed E-state index contributed by atoms with van der Waals surface area (Å²) in [4.78, 5) is 0. The Bertz CT molecular complexity index is 836. The number of fused-ring (bicyclic) bond motifs is 3. The molecule has 1 aliphatic carbocycles. The zero-order chi connectivity index (χ0) is 27.2. The molecule has 38 heavy (non-hydrogen) atoms. The number of ether oxygens (including phenoxy) is 1. The largest absolute Gasteiger partial charge is 0.507 e. The molecule has 1 heterocycles. The first-order valence-corrected chi connectivity index (χ1v) is 16.6. The Hall–Kier alpha value is -1.44. The third-order valence-corrected chi connectivity index (χ3v) is 9.35. The molecule has 0 saturated heterocycles. The van der Waals surface area contributed by atoms with Gasteiger partial charge in [-0.1, -0.05) is 128 Å². The van der Waals surface area contributed by atoms with Gasteiger partial charge in [0.1, 0.15) is 17.1 Å². The summed E-state index contributed by atoms with van der Waals surface area (Å²) >= 11 is 0. The molecule has 0 aromatic heterocycles. The third kappa shape index (κ3) is 9.95. The molecule has 1 aromatic rings. The van der Waals surface area contributed by atoms with Crippen LogP contribution in [0.2, 0.25) is 0 Å². The molecular formula is C36H60O2. The first-order chi connectivity index (χ1) is 18.4. The molecule has 216 valence electrons. The van der Waals surface area contributed by atoms with Crippen molar-refractivity contribution in [2.75, 3.05) is 0 Å². The molecule has 0 bridgehead atoms. The van der Waals surface area contributed by atoms with Gasteiger partial charge >= 0.3 is 0 Å². The lowest BCUT2D eigenvalue weighted by Gasteiger charge is -2.46. The number of rotatable bonds is 19. The highest BCUT2D eigenvalue weighted by atomic mass is 16.5. The summed E-state index contributed by atoms with van der Waals surface area (Å²) < 4.78 is 6.50.